The van der Waals surface area contributed by atoms with Gasteiger partial charge in [0, 0.05) is 0 Å². The van der Waals surface area contributed by atoms with Crippen LogP contribution in [0.25, 0.3) is 0 Å². The lowest BCUT2D eigenvalue weighted by Crippen LogP contribution is -2.23. The Morgan fingerprint density at radius 2 is 2.00 bits per heavy atom. The summed E-state index contributed by atoms with van der Waals surface area (Å²) in [6.07, 6.45) is 4.99. The highest BCUT2D eigenvalue weighted by Gasteiger charge is 2.42. The fraction of sp³-hybridized carbons (Fsp3) is 0.615. The second-order valence-corrected chi connectivity index (χ2v) is 5.74. The van der Waals surface area contributed by atoms with E-state index in [0.29, 0.717) is 0 Å². The molecular formula is C13H22N2. The van der Waals surface area contributed by atoms with E-state index in [2.05, 4.69) is 39.1 Å². The van der Waals surface area contributed by atoms with E-state index < -0.39 is 0 Å². The Hall–Kier alpha value is -0.890. The summed E-state index contributed by atoms with van der Waals surface area (Å²) in [6.45, 7) is 14.2. The molecule has 0 aromatic rings. The summed E-state index contributed by atoms with van der Waals surface area (Å²) in [5.74, 6) is 0. The minimum Gasteiger partial charge on any atom is -0.320 e. The van der Waals surface area contributed by atoms with Gasteiger partial charge < -0.3 is 5.73 Å². The zero-order valence-corrected chi connectivity index (χ0v) is 10.1. The maximum atomic E-state index is 6.07. The third kappa shape index (κ3) is 3.63. The summed E-state index contributed by atoms with van der Waals surface area (Å²) in [5, 5.41) is 0. The Bertz CT molecular complexity index is 301. The van der Waals surface area contributed by atoms with Gasteiger partial charge >= 0.3 is 0 Å². The minimum atomic E-state index is -0.206. The number of allylic oxidation sites excluding steroid dienone is 2. The first-order valence-electron chi connectivity index (χ1n) is 5.42. The number of hydrogen-bond donors (Lipinski definition) is 1. The van der Waals surface area contributed by atoms with Crippen molar-refractivity contribution in [2.75, 3.05) is 0 Å². The number of nitrogens with zero attached hydrogens (tertiary/aromatic N) is 1. The van der Waals surface area contributed by atoms with Crippen LogP contribution in [-0.4, -0.2) is 12.3 Å². The molecule has 1 saturated carbocycles. The molecule has 0 atom stereocenters. The molecule has 1 rings (SSSR count). The van der Waals surface area contributed by atoms with Crippen LogP contribution < -0.4 is 5.73 Å². The van der Waals surface area contributed by atoms with Gasteiger partial charge in [-0.3, -0.25) is 4.99 Å². The topological polar surface area (TPSA) is 38.4 Å². The van der Waals surface area contributed by atoms with Crippen LogP contribution in [0, 0.1) is 5.41 Å². The smallest absolute Gasteiger partial charge is 0.0597 e. The van der Waals surface area contributed by atoms with Crippen molar-refractivity contribution in [3.05, 3.63) is 23.9 Å². The van der Waals surface area contributed by atoms with Crippen molar-refractivity contribution in [3.8, 4) is 0 Å². The van der Waals surface area contributed by atoms with Crippen LogP contribution in [0.3, 0.4) is 0 Å². The predicted octanol–water partition coefficient (Wildman–Crippen LogP) is 3.05. The van der Waals surface area contributed by atoms with Crippen molar-refractivity contribution in [2.45, 2.75) is 45.6 Å². The summed E-state index contributed by atoms with van der Waals surface area (Å²) in [5.41, 5.74) is 8.10. The zero-order chi connectivity index (χ0) is 11.7. The van der Waals surface area contributed by atoms with Crippen molar-refractivity contribution in [1.29, 1.82) is 0 Å². The average molecular weight is 206 g/mol. The van der Waals surface area contributed by atoms with Crippen LogP contribution in [0.1, 0.15) is 40.0 Å². The van der Waals surface area contributed by atoms with Gasteiger partial charge in [0.25, 0.3) is 0 Å². The molecule has 0 bridgehead atoms. The predicted molar refractivity (Wildman–Crippen MR) is 67.0 cm³/mol. The molecule has 0 radical (unpaired) electrons. The van der Waals surface area contributed by atoms with Crippen LogP contribution in [0.4, 0.5) is 0 Å². The molecule has 1 fully saturated rings. The van der Waals surface area contributed by atoms with Gasteiger partial charge in [-0.15, -0.1) is 0 Å². The van der Waals surface area contributed by atoms with Gasteiger partial charge in [-0.05, 0) is 37.5 Å². The van der Waals surface area contributed by atoms with E-state index in [9.17, 15) is 0 Å². The number of aliphatic imine (C=N–C) groups is 1. The highest BCUT2D eigenvalue weighted by Crippen LogP contribution is 2.40. The molecule has 0 heterocycles. The van der Waals surface area contributed by atoms with Gasteiger partial charge in [-0.1, -0.05) is 32.9 Å². The van der Waals surface area contributed by atoms with E-state index in [4.69, 9.17) is 5.73 Å². The molecule has 0 amide bonds. The molecule has 0 unspecified atom stereocenters. The molecule has 2 N–H and O–H groups in total. The summed E-state index contributed by atoms with van der Waals surface area (Å²) in [7, 11) is 0. The van der Waals surface area contributed by atoms with Crippen molar-refractivity contribution < 1.29 is 0 Å². The molecule has 15 heavy (non-hydrogen) atoms. The fourth-order valence-electron chi connectivity index (χ4n) is 1.66. The van der Waals surface area contributed by atoms with E-state index in [1.807, 2.05) is 6.08 Å². The van der Waals surface area contributed by atoms with Crippen molar-refractivity contribution in [1.82, 2.24) is 0 Å². The van der Waals surface area contributed by atoms with Crippen LogP contribution in [0.5, 0.6) is 0 Å². The Morgan fingerprint density at radius 1 is 1.47 bits per heavy atom. The molecule has 0 aromatic carbocycles. The standard InChI is InChI=1S/C13H22N2/c1-10(9-12(2,3)4)8-11(15-5)13(14)6-7-13/h8H,1,5-7,9,14H2,2-4H3/b11-8-. The Labute approximate surface area is 93.0 Å². The lowest BCUT2D eigenvalue weighted by atomic mass is 9.88. The summed E-state index contributed by atoms with van der Waals surface area (Å²) in [4.78, 5) is 4.02. The van der Waals surface area contributed by atoms with E-state index in [1.165, 1.54) is 0 Å². The number of nitrogens with two attached hydrogens (primary N) is 1. The molecule has 1 aliphatic rings. The van der Waals surface area contributed by atoms with Gasteiger partial charge in [0.05, 0.1) is 11.2 Å². The molecular weight excluding hydrogens is 184 g/mol. The lowest BCUT2D eigenvalue weighted by molar-refractivity contribution is 0.413. The second kappa shape index (κ2) is 3.93. The first kappa shape index (κ1) is 12.2. The molecule has 0 aromatic heterocycles. The number of hydrogen-bond acceptors (Lipinski definition) is 2. The van der Waals surface area contributed by atoms with Gasteiger partial charge in [-0.25, -0.2) is 0 Å². The fourth-order valence-corrected chi connectivity index (χ4v) is 1.66. The Balaban J connectivity index is 2.68. The molecule has 0 spiro atoms. The Morgan fingerprint density at radius 3 is 2.33 bits per heavy atom. The third-order valence-corrected chi connectivity index (χ3v) is 2.57. The molecule has 0 saturated heterocycles. The first-order chi connectivity index (χ1) is 6.77. The third-order valence-electron chi connectivity index (χ3n) is 2.57. The molecule has 0 aliphatic heterocycles. The normalized spacial score (nSPS) is 19.9. The zero-order valence-electron chi connectivity index (χ0n) is 10.1. The summed E-state index contributed by atoms with van der Waals surface area (Å²) >= 11 is 0. The van der Waals surface area contributed by atoms with Crippen molar-refractivity contribution in [2.24, 2.45) is 16.1 Å². The minimum absolute atomic E-state index is 0.206. The van der Waals surface area contributed by atoms with Crippen molar-refractivity contribution in [3.63, 3.8) is 0 Å². The first-order valence-corrected chi connectivity index (χ1v) is 5.42. The number of rotatable bonds is 4. The van der Waals surface area contributed by atoms with Gasteiger partial charge in [0.2, 0.25) is 0 Å². The Kier molecular flexibility index (Phi) is 3.19. The van der Waals surface area contributed by atoms with Crippen LogP contribution in [0.2, 0.25) is 0 Å². The quantitative estimate of drug-likeness (QED) is 0.557. The second-order valence-electron chi connectivity index (χ2n) is 5.74. The van der Waals surface area contributed by atoms with E-state index >= 15 is 0 Å². The molecule has 2 nitrogen and oxygen atoms in total. The van der Waals surface area contributed by atoms with Crippen LogP contribution in [-0.2, 0) is 0 Å². The van der Waals surface area contributed by atoms with Crippen molar-refractivity contribution >= 4 is 6.72 Å². The van der Waals surface area contributed by atoms with Gasteiger partial charge in [-0.2, -0.15) is 0 Å². The molecule has 1 aliphatic carbocycles. The monoisotopic (exact) mass is 206 g/mol. The van der Waals surface area contributed by atoms with E-state index in [0.717, 1.165) is 30.5 Å². The maximum absolute atomic E-state index is 6.07. The van der Waals surface area contributed by atoms with Gasteiger partial charge in [0.1, 0.15) is 0 Å². The van der Waals surface area contributed by atoms with Crippen LogP contribution >= 0.6 is 0 Å². The average Bonchev–Trinajstić information content (AvgIpc) is 2.77. The highest BCUT2D eigenvalue weighted by molar-refractivity contribution is 5.39. The maximum Gasteiger partial charge on any atom is 0.0597 e. The van der Waals surface area contributed by atoms with Gasteiger partial charge in [0.15, 0.2) is 0 Å². The van der Waals surface area contributed by atoms with Crippen LogP contribution in [0.15, 0.2) is 28.9 Å². The lowest BCUT2D eigenvalue weighted by Gasteiger charge is -2.19. The molecule has 84 valence electrons. The van der Waals surface area contributed by atoms with E-state index in [1.54, 1.807) is 0 Å². The van der Waals surface area contributed by atoms with E-state index in [-0.39, 0.29) is 11.0 Å². The SMILES string of the molecule is C=N/C(=C\C(=C)CC(C)(C)C)C1(N)CC1. The summed E-state index contributed by atoms with van der Waals surface area (Å²) in [6, 6.07) is 0. The molecule has 2 heteroatoms. The highest BCUT2D eigenvalue weighted by atomic mass is 14.9. The largest absolute Gasteiger partial charge is 0.320 e. The summed E-state index contributed by atoms with van der Waals surface area (Å²) < 4.78 is 0.